The van der Waals surface area contributed by atoms with Crippen LogP contribution in [0.3, 0.4) is 0 Å². The molecule has 5 nitrogen and oxygen atoms in total. The number of fused-ring (bicyclic) bond motifs is 2. The Kier molecular flexibility index (Phi) is 6.82. The predicted octanol–water partition coefficient (Wildman–Crippen LogP) is 11.7. The standard InChI is InChI=1S/C38H23Cl2N3O2/c39-28-12-6-26(7-13-28)37-41-33-20-18-31(22-35(33)44-37)43(30-16-10-25(11-17-30)24-4-2-1-3-5-24)32-19-21-34-36(23-32)45-38(42-34)27-8-14-29(40)15-9-27/h1-23H. The van der Waals surface area contributed by atoms with Crippen LogP contribution in [0.4, 0.5) is 17.1 Å². The molecule has 0 aliphatic heterocycles. The highest BCUT2D eigenvalue weighted by atomic mass is 35.5. The summed E-state index contributed by atoms with van der Waals surface area (Å²) in [5.41, 5.74) is 9.68. The Morgan fingerprint density at radius 2 is 0.844 bits per heavy atom. The number of rotatable bonds is 6. The Morgan fingerprint density at radius 1 is 0.422 bits per heavy atom. The predicted molar refractivity (Wildman–Crippen MR) is 183 cm³/mol. The maximum absolute atomic E-state index is 6.25. The van der Waals surface area contributed by atoms with Crippen LogP contribution in [0, 0.1) is 0 Å². The fourth-order valence-corrected chi connectivity index (χ4v) is 5.67. The van der Waals surface area contributed by atoms with E-state index in [1.165, 1.54) is 0 Å². The first-order chi connectivity index (χ1) is 22.1. The lowest BCUT2D eigenvalue weighted by Gasteiger charge is -2.25. The van der Waals surface area contributed by atoms with Crippen molar-refractivity contribution in [3.8, 4) is 34.0 Å². The molecular weight excluding hydrogens is 601 g/mol. The van der Waals surface area contributed by atoms with Gasteiger partial charge in [-0.1, -0.05) is 65.7 Å². The SMILES string of the molecule is Clc1ccc(-c2nc3ccc(N(c4ccc(-c5ccccc5)cc4)c4ccc5nc(-c6ccc(Cl)cc6)oc5c4)cc3o2)cc1. The van der Waals surface area contributed by atoms with Crippen LogP contribution in [0.1, 0.15) is 0 Å². The number of anilines is 3. The second kappa shape index (κ2) is 11.3. The van der Waals surface area contributed by atoms with Crippen LogP contribution >= 0.6 is 23.2 Å². The van der Waals surface area contributed by atoms with Crippen LogP contribution < -0.4 is 4.90 Å². The fourth-order valence-electron chi connectivity index (χ4n) is 5.42. The number of halogens is 2. The zero-order valence-electron chi connectivity index (χ0n) is 23.7. The molecule has 0 atom stereocenters. The van der Waals surface area contributed by atoms with Crippen molar-refractivity contribution < 1.29 is 8.83 Å². The smallest absolute Gasteiger partial charge is 0.227 e. The minimum Gasteiger partial charge on any atom is -0.436 e. The quantitative estimate of drug-likeness (QED) is 0.184. The zero-order chi connectivity index (χ0) is 30.3. The molecule has 0 N–H and O–H groups in total. The lowest BCUT2D eigenvalue weighted by atomic mass is 10.0. The normalized spacial score (nSPS) is 11.3. The fraction of sp³-hybridized carbons (Fsp3) is 0. The molecule has 216 valence electrons. The third-order valence-electron chi connectivity index (χ3n) is 7.68. The summed E-state index contributed by atoms with van der Waals surface area (Å²) < 4.78 is 12.5. The molecule has 45 heavy (non-hydrogen) atoms. The van der Waals surface area contributed by atoms with Crippen LogP contribution in [0.25, 0.3) is 56.2 Å². The van der Waals surface area contributed by atoms with Gasteiger partial charge < -0.3 is 13.7 Å². The van der Waals surface area contributed by atoms with Crippen molar-refractivity contribution in [3.63, 3.8) is 0 Å². The van der Waals surface area contributed by atoms with Crippen molar-refractivity contribution >= 4 is 62.5 Å². The summed E-state index contributed by atoms with van der Waals surface area (Å²) in [5, 5.41) is 1.32. The van der Waals surface area contributed by atoms with Gasteiger partial charge in [0.25, 0.3) is 0 Å². The molecule has 0 amide bonds. The molecular formula is C38H23Cl2N3O2. The molecule has 8 rings (SSSR count). The van der Waals surface area contributed by atoms with Gasteiger partial charge in [-0.15, -0.1) is 0 Å². The van der Waals surface area contributed by atoms with Crippen LogP contribution in [0.2, 0.25) is 10.0 Å². The number of aromatic nitrogens is 2. The van der Waals surface area contributed by atoms with Gasteiger partial charge >= 0.3 is 0 Å². The molecule has 0 radical (unpaired) electrons. The average Bonchev–Trinajstić information content (AvgIpc) is 3.70. The minimum atomic E-state index is 0.537. The lowest BCUT2D eigenvalue weighted by molar-refractivity contribution is 0.620. The summed E-state index contributed by atoms with van der Waals surface area (Å²) in [6, 6.07) is 45.8. The zero-order valence-corrected chi connectivity index (χ0v) is 25.2. The van der Waals surface area contributed by atoms with Gasteiger partial charge in [-0.3, -0.25) is 0 Å². The Labute approximate surface area is 268 Å². The van der Waals surface area contributed by atoms with Gasteiger partial charge in [0.2, 0.25) is 11.8 Å². The van der Waals surface area contributed by atoms with E-state index in [2.05, 4.69) is 41.3 Å². The maximum Gasteiger partial charge on any atom is 0.227 e. The van der Waals surface area contributed by atoms with Gasteiger partial charge in [-0.25, -0.2) is 9.97 Å². The number of hydrogen-bond acceptors (Lipinski definition) is 5. The monoisotopic (exact) mass is 623 g/mol. The maximum atomic E-state index is 6.25. The molecule has 0 fully saturated rings. The Balaban J connectivity index is 1.23. The van der Waals surface area contributed by atoms with Crippen LogP contribution in [-0.2, 0) is 0 Å². The number of benzene rings is 6. The first kappa shape index (κ1) is 27.2. The van der Waals surface area contributed by atoms with E-state index in [1.807, 2.05) is 103 Å². The number of nitrogens with zero attached hydrogens (tertiary/aromatic N) is 3. The van der Waals surface area contributed by atoms with E-state index in [0.29, 0.717) is 33.0 Å². The van der Waals surface area contributed by atoms with Gasteiger partial charge in [0.15, 0.2) is 11.2 Å². The van der Waals surface area contributed by atoms with E-state index in [4.69, 9.17) is 42.0 Å². The summed E-state index contributed by atoms with van der Waals surface area (Å²) in [6.07, 6.45) is 0. The van der Waals surface area contributed by atoms with E-state index >= 15 is 0 Å². The summed E-state index contributed by atoms with van der Waals surface area (Å²) in [7, 11) is 0. The molecule has 2 aromatic heterocycles. The van der Waals surface area contributed by atoms with E-state index < -0.39 is 0 Å². The highest BCUT2D eigenvalue weighted by molar-refractivity contribution is 6.30. The van der Waals surface area contributed by atoms with Crippen molar-refractivity contribution in [2.24, 2.45) is 0 Å². The minimum absolute atomic E-state index is 0.537. The molecule has 0 bridgehead atoms. The third-order valence-corrected chi connectivity index (χ3v) is 8.18. The van der Waals surface area contributed by atoms with Gasteiger partial charge in [0.1, 0.15) is 11.0 Å². The van der Waals surface area contributed by atoms with Crippen molar-refractivity contribution in [1.82, 2.24) is 9.97 Å². The van der Waals surface area contributed by atoms with Crippen molar-refractivity contribution in [2.45, 2.75) is 0 Å². The third kappa shape index (κ3) is 5.33. The second-order valence-electron chi connectivity index (χ2n) is 10.6. The molecule has 0 spiro atoms. The Bertz CT molecular complexity index is 2150. The van der Waals surface area contributed by atoms with Crippen LogP contribution in [0.5, 0.6) is 0 Å². The second-order valence-corrected chi connectivity index (χ2v) is 11.5. The summed E-state index contributed by atoms with van der Waals surface area (Å²) >= 11 is 12.2. The van der Waals surface area contributed by atoms with E-state index in [1.54, 1.807) is 0 Å². The first-order valence-corrected chi connectivity index (χ1v) is 15.1. The molecule has 0 aliphatic carbocycles. The molecule has 0 unspecified atom stereocenters. The highest BCUT2D eigenvalue weighted by Gasteiger charge is 2.18. The summed E-state index contributed by atoms with van der Waals surface area (Å²) in [5.74, 6) is 1.07. The van der Waals surface area contributed by atoms with E-state index in [0.717, 1.165) is 50.3 Å². The first-order valence-electron chi connectivity index (χ1n) is 14.4. The molecule has 0 aliphatic rings. The molecule has 6 aromatic carbocycles. The Morgan fingerprint density at radius 3 is 1.33 bits per heavy atom. The van der Waals surface area contributed by atoms with Gasteiger partial charge in [0.05, 0.1) is 0 Å². The molecule has 2 heterocycles. The average molecular weight is 625 g/mol. The van der Waals surface area contributed by atoms with Gasteiger partial charge in [-0.2, -0.15) is 0 Å². The van der Waals surface area contributed by atoms with E-state index in [-0.39, 0.29) is 0 Å². The number of oxazole rings is 2. The highest BCUT2D eigenvalue weighted by Crippen LogP contribution is 2.39. The number of hydrogen-bond donors (Lipinski definition) is 0. The lowest BCUT2D eigenvalue weighted by Crippen LogP contribution is -2.09. The molecule has 7 heteroatoms. The van der Waals surface area contributed by atoms with Crippen LogP contribution in [0.15, 0.2) is 148 Å². The largest absolute Gasteiger partial charge is 0.436 e. The summed E-state index contributed by atoms with van der Waals surface area (Å²) in [6.45, 7) is 0. The Hall–Kier alpha value is -5.36. The van der Waals surface area contributed by atoms with Crippen LogP contribution in [-0.4, -0.2) is 9.97 Å². The van der Waals surface area contributed by atoms with Gasteiger partial charge in [-0.05, 0) is 96.1 Å². The van der Waals surface area contributed by atoms with Crippen molar-refractivity contribution in [1.29, 1.82) is 0 Å². The molecule has 0 saturated heterocycles. The van der Waals surface area contributed by atoms with E-state index in [9.17, 15) is 0 Å². The molecule has 8 aromatic rings. The van der Waals surface area contributed by atoms with Gasteiger partial charge in [0, 0.05) is 50.4 Å². The topological polar surface area (TPSA) is 55.3 Å². The van der Waals surface area contributed by atoms with Crippen molar-refractivity contribution in [3.05, 3.63) is 150 Å². The van der Waals surface area contributed by atoms with Crippen molar-refractivity contribution in [2.75, 3.05) is 4.90 Å². The summed E-state index contributed by atoms with van der Waals surface area (Å²) in [4.78, 5) is 11.6. The molecule has 0 saturated carbocycles.